The highest BCUT2D eigenvalue weighted by Crippen LogP contribution is 2.19. The van der Waals surface area contributed by atoms with E-state index in [9.17, 15) is 14.4 Å². The van der Waals surface area contributed by atoms with E-state index in [0.717, 1.165) is 6.42 Å². The number of carbonyl (C=O) groups excluding carboxylic acids is 3. The van der Waals surface area contributed by atoms with Gasteiger partial charge in [0.1, 0.15) is 5.69 Å². The normalized spacial score (nSPS) is 10.2. The van der Waals surface area contributed by atoms with Crippen molar-refractivity contribution in [3.05, 3.63) is 22.5 Å². The number of aromatic nitrogens is 1. The lowest BCUT2D eigenvalue weighted by molar-refractivity contribution is -0.124. The minimum absolute atomic E-state index is 0.115. The molecule has 0 spiro atoms. The van der Waals surface area contributed by atoms with Gasteiger partial charge >= 0.3 is 5.97 Å². The van der Waals surface area contributed by atoms with Crippen LogP contribution in [0.25, 0.3) is 0 Å². The van der Waals surface area contributed by atoms with E-state index in [1.807, 2.05) is 6.92 Å². The lowest BCUT2D eigenvalue weighted by Gasteiger charge is -2.05. The van der Waals surface area contributed by atoms with E-state index in [1.165, 1.54) is 6.92 Å². The molecule has 0 aromatic carbocycles. The molecule has 1 aromatic heterocycles. The average Bonchev–Trinajstić information content (AvgIpc) is 2.68. The highest BCUT2D eigenvalue weighted by atomic mass is 16.5. The van der Waals surface area contributed by atoms with Crippen LogP contribution in [-0.4, -0.2) is 35.8 Å². The molecular formula is C14H20N2O4. The minimum Gasteiger partial charge on any atom is -0.451 e. The van der Waals surface area contributed by atoms with Crippen molar-refractivity contribution >= 4 is 17.7 Å². The third-order valence-corrected chi connectivity index (χ3v) is 2.90. The third-order valence-electron chi connectivity index (χ3n) is 2.90. The molecule has 0 fully saturated rings. The van der Waals surface area contributed by atoms with E-state index in [0.29, 0.717) is 23.4 Å². The maximum atomic E-state index is 11.9. The Kier molecular flexibility index (Phi) is 5.49. The monoisotopic (exact) mass is 280 g/mol. The summed E-state index contributed by atoms with van der Waals surface area (Å²) in [6.45, 7) is 6.98. The molecule has 0 aliphatic rings. The largest absolute Gasteiger partial charge is 0.451 e. The minimum atomic E-state index is -0.634. The first-order valence-corrected chi connectivity index (χ1v) is 6.52. The van der Waals surface area contributed by atoms with Crippen molar-refractivity contribution in [2.24, 2.45) is 0 Å². The molecule has 0 saturated heterocycles. The summed E-state index contributed by atoms with van der Waals surface area (Å²) in [5.41, 5.74) is 1.88. The highest BCUT2D eigenvalue weighted by Gasteiger charge is 2.21. The number of esters is 1. The fraction of sp³-hybridized carbons (Fsp3) is 0.500. The molecule has 20 heavy (non-hydrogen) atoms. The molecule has 1 rings (SSSR count). The standard InChI is InChI=1S/C14H20N2O4/c1-5-6-15-11(18)7-20-14(19)13-8(2)12(10(4)17)9(3)16-13/h16H,5-7H2,1-4H3,(H,15,18). The van der Waals surface area contributed by atoms with Gasteiger partial charge in [0.15, 0.2) is 12.4 Å². The number of nitrogens with one attached hydrogen (secondary N) is 2. The molecule has 0 unspecified atom stereocenters. The first-order valence-electron chi connectivity index (χ1n) is 6.52. The van der Waals surface area contributed by atoms with Gasteiger partial charge < -0.3 is 15.0 Å². The van der Waals surface area contributed by atoms with E-state index >= 15 is 0 Å². The molecule has 0 aliphatic carbocycles. The maximum absolute atomic E-state index is 11.9. The second kappa shape index (κ2) is 6.88. The Morgan fingerprint density at radius 1 is 1.25 bits per heavy atom. The average molecular weight is 280 g/mol. The van der Waals surface area contributed by atoms with E-state index in [1.54, 1.807) is 13.8 Å². The zero-order valence-corrected chi connectivity index (χ0v) is 12.3. The Hall–Kier alpha value is -2.11. The van der Waals surface area contributed by atoms with Crippen LogP contribution in [0.3, 0.4) is 0 Å². The maximum Gasteiger partial charge on any atom is 0.355 e. The molecule has 2 N–H and O–H groups in total. The molecule has 0 atom stereocenters. The van der Waals surface area contributed by atoms with Gasteiger partial charge in [0.2, 0.25) is 0 Å². The van der Waals surface area contributed by atoms with Gasteiger partial charge in [-0.15, -0.1) is 0 Å². The third kappa shape index (κ3) is 3.69. The number of carbonyl (C=O) groups is 3. The number of amides is 1. The van der Waals surface area contributed by atoms with Gasteiger partial charge in [-0.2, -0.15) is 0 Å². The molecule has 6 nitrogen and oxygen atoms in total. The van der Waals surface area contributed by atoms with Crippen LogP contribution in [0.1, 0.15) is 52.4 Å². The van der Waals surface area contributed by atoms with Crippen molar-refractivity contribution in [2.45, 2.75) is 34.1 Å². The molecular weight excluding hydrogens is 260 g/mol. The van der Waals surface area contributed by atoms with Crippen LogP contribution in [0.2, 0.25) is 0 Å². The number of aromatic amines is 1. The first-order chi connectivity index (χ1) is 9.38. The van der Waals surface area contributed by atoms with Crippen molar-refractivity contribution in [1.82, 2.24) is 10.3 Å². The van der Waals surface area contributed by atoms with Crippen molar-refractivity contribution < 1.29 is 19.1 Å². The van der Waals surface area contributed by atoms with Crippen LogP contribution in [0, 0.1) is 13.8 Å². The van der Waals surface area contributed by atoms with Gasteiger partial charge in [-0.1, -0.05) is 6.92 Å². The lowest BCUT2D eigenvalue weighted by Crippen LogP contribution is -2.29. The van der Waals surface area contributed by atoms with Gasteiger partial charge in [0, 0.05) is 17.8 Å². The van der Waals surface area contributed by atoms with Crippen molar-refractivity contribution in [1.29, 1.82) is 0 Å². The Morgan fingerprint density at radius 2 is 1.90 bits per heavy atom. The fourth-order valence-corrected chi connectivity index (χ4v) is 2.00. The smallest absolute Gasteiger partial charge is 0.355 e. The zero-order chi connectivity index (χ0) is 15.3. The Balaban J connectivity index is 2.72. The number of rotatable bonds is 6. The van der Waals surface area contributed by atoms with Crippen LogP contribution in [0.15, 0.2) is 0 Å². The second-order valence-corrected chi connectivity index (χ2v) is 4.61. The molecule has 1 aromatic rings. The van der Waals surface area contributed by atoms with Crippen molar-refractivity contribution in [2.75, 3.05) is 13.2 Å². The number of Topliss-reactive ketones (excluding diaryl/α,β-unsaturated/α-hetero) is 1. The summed E-state index contributed by atoms with van der Waals surface area (Å²) >= 11 is 0. The summed E-state index contributed by atoms with van der Waals surface area (Å²) in [5.74, 6) is -1.09. The Bertz CT molecular complexity index is 532. The summed E-state index contributed by atoms with van der Waals surface area (Å²) in [4.78, 5) is 37.5. The van der Waals surface area contributed by atoms with E-state index < -0.39 is 5.97 Å². The summed E-state index contributed by atoms with van der Waals surface area (Å²) in [6.07, 6.45) is 0.816. The fourth-order valence-electron chi connectivity index (χ4n) is 2.00. The van der Waals surface area contributed by atoms with Crippen LogP contribution >= 0.6 is 0 Å². The van der Waals surface area contributed by atoms with Gasteiger partial charge in [-0.3, -0.25) is 9.59 Å². The van der Waals surface area contributed by atoms with Gasteiger partial charge in [-0.05, 0) is 32.8 Å². The van der Waals surface area contributed by atoms with Crippen molar-refractivity contribution in [3.8, 4) is 0 Å². The molecule has 0 aliphatic heterocycles. The first kappa shape index (κ1) is 15.9. The van der Waals surface area contributed by atoms with Crippen LogP contribution < -0.4 is 5.32 Å². The van der Waals surface area contributed by atoms with Gasteiger partial charge in [-0.25, -0.2) is 4.79 Å². The summed E-state index contributed by atoms with van der Waals surface area (Å²) in [6, 6.07) is 0. The van der Waals surface area contributed by atoms with Crippen molar-refractivity contribution in [3.63, 3.8) is 0 Å². The highest BCUT2D eigenvalue weighted by molar-refractivity contribution is 6.01. The summed E-state index contributed by atoms with van der Waals surface area (Å²) in [7, 11) is 0. The number of H-pyrrole nitrogens is 1. The predicted octanol–water partition coefficient (Wildman–Crippen LogP) is 1.52. The number of ether oxygens (including phenoxy) is 1. The SMILES string of the molecule is CCCNC(=O)COC(=O)c1[nH]c(C)c(C(C)=O)c1C. The summed E-state index contributed by atoms with van der Waals surface area (Å²) in [5, 5.41) is 2.61. The number of aryl methyl sites for hydroxylation is 1. The number of ketones is 1. The molecule has 110 valence electrons. The molecule has 6 heteroatoms. The van der Waals surface area contributed by atoms with Crippen LogP contribution in [0.4, 0.5) is 0 Å². The van der Waals surface area contributed by atoms with E-state index in [2.05, 4.69) is 10.3 Å². The predicted molar refractivity (Wildman–Crippen MR) is 73.9 cm³/mol. The van der Waals surface area contributed by atoms with Gasteiger partial charge in [0.05, 0.1) is 0 Å². The Morgan fingerprint density at radius 3 is 2.40 bits per heavy atom. The molecule has 1 heterocycles. The van der Waals surface area contributed by atoms with Crippen LogP contribution in [0.5, 0.6) is 0 Å². The topological polar surface area (TPSA) is 88.3 Å². The molecule has 0 bridgehead atoms. The number of hydrogen-bond donors (Lipinski definition) is 2. The van der Waals surface area contributed by atoms with Gasteiger partial charge in [0.25, 0.3) is 5.91 Å². The number of hydrogen-bond acceptors (Lipinski definition) is 4. The quantitative estimate of drug-likeness (QED) is 0.611. The molecule has 0 saturated carbocycles. The Labute approximate surface area is 117 Å². The van der Waals surface area contributed by atoms with Crippen LogP contribution in [-0.2, 0) is 9.53 Å². The molecule has 0 radical (unpaired) electrons. The summed E-state index contributed by atoms with van der Waals surface area (Å²) < 4.78 is 4.92. The van der Waals surface area contributed by atoms with E-state index in [4.69, 9.17) is 4.74 Å². The zero-order valence-electron chi connectivity index (χ0n) is 12.3. The lowest BCUT2D eigenvalue weighted by atomic mass is 10.1. The van der Waals surface area contributed by atoms with E-state index in [-0.39, 0.29) is 24.0 Å². The second-order valence-electron chi connectivity index (χ2n) is 4.61. The molecule has 1 amide bonds.